The average Bonchev–Trinajstić information content (AvgIpc) is 3.35. The second kappa shape index (κ2) is 6.07. The predicted octanol–water partition coefficient (Wildman–Crippen LogP) is 2.14. The first-order valence-corrected chi connectivity index (χ1v) is 10.6. The van der Waals surface area contributed by atoms with E-state index in [2.05, 4.69) is 4.98 Å². The number of H-pyrrole nitrogens is 1. The maximum atomic E-state index is 13.4. The molecule has 2 aromatic heterocycles. The lowest BCUT2D eigenvalue weighted by Gasteiger charge is -2.40. The molecule has 0 spiro atoms. The average molecular weight is 488 g/mol. The van der Waals surface area contributed by atoms with Crippen molar-refractivity contribution in [2.24, 2.45) is 0 Å². The molecule has 0 saturated carbocycles. The molecule has 2 aliphatic rings. The van der Waals surface area contributed by atoms with Crippen LogP contribution in [0.1, 0.15) is 11.1 Å². The Kier molecular flexibility index (Phi) is 3.78. The smallest absolute Gasteiger partial charge is 0.286 e. The van der Waals surface area contributed by atoms with Crippen LogP contribution in [0.2, 0.25) is 10.0 Å². The van der Waals surface area contributed by atoms with Gasteiger partial charge in [0.1, 0.15) is 5.75 Å². The van der Waals surface area contributed by atoms with Gasteiger partial charge in [-0.25, -0.2) is 0 Å². The van der Waals surface area contributed by atoms with Crippen LogP contribution in [-0.4, -0.2) is 53.7 Å². The third-order valence-electron chi connectivity index (χ3n) is 6.70. The minimum atomic E-state index is -2.80. The quantitative estimate of drug-likeness (QED) is 0.260. The van der Waals surface area contributed by atoms with Crippen LogP contribution in [-0.2, 0) is 27.5 Å². The molecule has 33 heavy (non-hydrogen) atoms. The van der Waals surface area contributed by atoms with Crippen molar-refractivity contribution in [1.29, 1.82) is 0 Å². The SMILES string of the molecule is CN1C(=O)[C@@]2(O)c3c([nH]c4ccc(Cl)cc34)-c3c(CO)c4cc(O)c(Cl)cc4n3[C@@]2(O)C1=O. The van der Waals surface area contributed by atoms with E-state index < -0.39 is 29.7 Å². The number of likely N-dealkylation sites (tertiary alicyclic amines) is 1. The van der Waals surface area contributed by atoms with Crippen LogP contribution in [0.15, 0.2) is 30.3 Å². The normalized spacial score (nSPS) is 24.0. The highest BCUT2D eigenvalue weighted by atomic mass is 35.5. The molecule has 0 unspecified atom stereocenters. The van der Waals surface area contributed by atoms with Crippen LogP contribution < -0.4 is 0 Å². The summed E-state index contributed by atoms with van der Waals surface area (Å²) in [4.78, 5) is 30.5. The number of aliphatic hydroxyl groups is 3. The second-order valence-electron chi connectivity index (χ2n) is 8.26. The standard InChI is InChI=1S/C22H15Cl2N3O6/c1-26-19(30)21(32)16-10-4-8(23)2-3-13(10)25-17(16)18-11(7-28)9-5-15(29)12(24)6-14(9)27(18)22(21,33)20(26)31/h2-6,25,28-29,32-33H,7H2,1H3/t21-,22+/m0/s1. The van der Waals surface area contributed by atoms with Gasteiger partial charge in [0.25, 0.3) is 17.5 Å². The molecular weight excluding hydrogens is 473 g/mol. The number of hydrogen-bond acceptors (Lipinski definition) is 6. The van der Waals surface area contributed by atoms with Crippen LogP contribution in [0.4, 0.5) is 0 Å². The van der Waals surface area contributed by atoms with Gasteiger partial charge in [-0.1, -0.05) is 23.2 Å². The van der Waals surface area contributed by atoms with Gasteiger partial charge in [-0.3, -0.25) is 19.1 Å². The number of nitrogens with zero attached hydrogens (tertiary/aromatic N) is 2. The molecule has 168 valence electrons. The molecule has 6 rings (SSSR count). The number of halogens is 2. The van der Waals surface area contributed by atoms with Gasteiger partial charge in [0.05, 0.1) is 28.5 Å². The zero-order valence-corrected chi connectivity index (χ0v) is 18.4. The molecule has 0 radical (unpaired) electrons. The Bertz CT molecular complexity index is 1590. The monoisotopic (exact) mass is 487 g/mol. The third-order valence-corrected chi connectivity index (χ3v) is 7.24. The Morgan fingerprint density at radius 1 is 1.06 bits per heavy atom. The maximum Gasteiger partial charge on any atom is 0.286 e. The van der Waals surface area contributed by atoms with Crippen molar-refractivity contribution >= 4 is 56.8 Å². The molecular formula is C22H15Cl2N3O6. The summed E-state index contributed by atoms with van der Waals surface area (Å²) >= 11 is 12.3. The Labute approximate surface area is 195 Å². The molecule has 2 aromatic carbocycles. The number of aromatic amines is 1. The van der Waals surface area contributed by atoms with Gasteiger partial charge in [-0.05, 0) is 30.3 Å². The van der Waals surface area contributed by atoms with Crippen molar-refractivity contribution in [1.82, 2.24) is 14.5 Å². The number of rotatable bonds is 1. The topological polar surface area (TPSA) is 139 Å². The summed E-state index contributed by atoms with van der Waals surface area (Å²) in [5, 5.41) is 45.2. The van der Waals surface area contributed by atoms with E-state index in [9.17, 15) is 30.0 Å². The number of aliphatic hydroxyl groups excluding tert-OH is 1. The molecule has 2 amide bonds. The third kappa shape index (κ3) is 2.06. The fraction of sp³-hybridized carbons (Fsp3) is 0.182. The molecule has 5 N–H and O–H groups in total. The number of aromatic nitrogens is 2. The summed E-state index contributed by atoms with van der Waals surface area (Å²) in [6.45, 7) is -0.540. The van der Waals surface area contributed by atoms with E-state index in [1.54, 1.807) is 12.1 Å². The van der Waals surface area contributed by atoms with Gasteiger partial charge in [0, 0.05) is 39.5 Å². The van der Waals surface area contributed by atoms with E-state index in [0.29, 0.717) is 20.8 Å². The van der Waals surface area contributed by atoms with Crippen molar-refractivity contribution in [3.05, 3.63) is 51.5 Å². The summed E-state index contributed by atoms with van der Waals surface area (Å²) < 4.78 is 1.10. The molecule has 11 heteroatoms. The molecule has 0 bridgehead atoms. The van der Waals surface area contributed by atoms with Gasteiger partial charge in [0.15, 0.2) is 0 Å². The van der Waals surface area contributed by atoms with Crippen molar-refractivity contribution < 1.29 is 30.0 Å². The Hall–Kier alpha value is -3.08. The second-order valence-corrected chi connectivity index (χ2v) is 9.10. The Morgan fingerprint density at radius 3 is 2.48 bits per heavy atom. The van der Waals surface area contributed by atoms with Crippen LogP contribution in [0.3, 0.4) is 0 Å². The van der Waals surface area contributed by atoms with E-state index >= 15 is 0 Å². The van der Waals surface area contributed by atoms with Crippen molar-refractivity contribution in [3.8, 4) is 17.1 Å². The number of nitrogens with one attached hydrogen (secondary N) is 1. The number of hydrogen-bond donors (Lipinski definition) is 5. The first-order chi connectivity index (χ1) is 15.6. The molecule has 2 atom stereocenters. The van der Waals surface area contributed by atoms with Crippen LogP contribution in [0.25, 0.3) is 33.2 Å². The van der Waals surface area contributed by atoms with Gasteiger partial charge in [0.2, 0.25) is 5.60 Å². The van der Waals surface area contributed by atoms with Crippen LogP contribution in [0, 0.1) is 0 Å². The van der Waals surface area contributed by atoms with E-state index in [1.807, 2.05) is 0 Å². The van der Waals surface area contributed by atoms with E-state index in [-0.39, 0.29) is 44.2 Å². The van der Waals surface area contributed by atoms with Crippen molar-refractivity contribution in [2.75, 3.05) is 7.05 Å². The Balaban J connectivity index is 1.93. The fourth-order valence-corrected chi connectivity index (χ4v) is 5.58. The van der Waals surface area contributed by atoms with Gasteiger partial charge >= 0.3 is 0 Å². The number of benzene rings is 2. The summed E-state index contributed by atoms with van der Waals surface area (Å²) in [7, 11) is 1.16. The summed E-state index contributed by atoms with van der Waals surface area (Å²) in [5.41, 5.74) is -4.30. The van der Waals surface area contributed by atoms with Gasteiger partial charge in [-0.15, -0.1) is 0 Å². The molecule has 4 aromatic rings. The number of phenols is 1. The molecule has 2 aliphatic heterocycles. The molecule has 1 saturated heterocycles. The summed E-state index contributed by atoms with van der Waals surface area (Å²) in [6, 6.07) is 7.35. The fourth-order valence-electron chi connectivity index (χ4n) is 5.25. The molecule has 1 fully saturated rings. The minimum Gasteiger partial charge on any atom is -0.506 e. The predicted molar refractivity (Wildman–Crippen MR) is 119 cm³/mol. The number of carbonyl (C=O) groups excluding carboxylic acids is 2. The minimum absolute atomic E-state index is 0.0366. The molecule has 0 aliphatic carbocycles. The number of imide groups is 1. The highest BCUT2D eigenvalue weighted by molar-refractivity contribution is 6.33. The number of fused-ring (bicyclic) bond motifs is 10. The number of phenolic OH excluding ortho intramolecular Hbond substituents is 1. The molecule has 4 heterocycles. The van der Waals surface area contributed by atoms with Crippen molar-refractivity contribution in [3.63, 3.8) is 0 Å². The molecule has 9 nitrogen and oxygen atoms in total. The number of aromatic hydroxyl groups is 1. The van der Waals surface area contributed by atoms with E-state index in [0.717, 1.165) is 11.6 Å². The first kappa shape index (κ1) is 20.5. The number of likely N-dealkylation sites (N-methyl/N-ethyl adjacent to an activating group) is 1. The van der Waals surface area contributed by atoms with Gasteiger partial charge < -0.3 is 25.4 Å². The maximum absolute atomic E-state index is 13.4. The largest absolute Gasteiger partial charge is 0.506 e. The number of carbonyl (C=O) groups is 2. The van der Waals surface area contributed by atoms with Crippen LogP contribution >= 0.6 is 23.2 Å². The lowest BCUT2D eigenvalue weighted by molar-refractivity contribution is -0.193. The van der Waals surface area contributed by atoms with Gasteiger partial charge in [-0.2, -0.15) is 0 Å². The highest BCUT2D eigenvalue weighted by Crippen LogP contribution is 2.58. The first-order valence-electron chi connectivity index (χ1n) is 9.83. The summed E-state index contributed by atoms with van der Waals surface area (Å²) in [5.74, 6) is -2.37. The summed E-state index contributed by atoms with van der Waals surface area (Å²) in [6.07, 6.45) is 0. The lowest BCUT2D eigenvalue weighted by Crippen LogP contribution is -2.58. The zero-order chi connectivity index (χ0) is 23.6. The Morgan fingerprint density at radius 2 is 1.79 bits per heavy atom. The van der Waals surface area contributed by atoms with E-state index in [1.165, 1.54) is 18.2 Å². The van der Waals surface area contributed by atoms with Crippen LogP contribution in [0.5, 0.6) is 5.75 Å². The van der Waals surface area contributed by atoms with Crippen molar-refractivity contribution in [2.45, 2.75) is 17.9 Å². The number of amides is 2. The zero-order valence-electron chi connectivity index (χ0n) is 16.8. The lowest BCUT2D eigenvalue weighted by atomic mass is 9.79. The van der Waals surface area contributed by atoms with E-state index in [4.69, 9.17) is 23.2 Å². The highest BCUT2D eigenvalue weighted by Gasteiger charge is 2.74.